The molecule has 0 spiro atoms. The minimum absolute atomic E-state index is 0.122. The number of carboxylic acids is 1. The number of hydrogen-bond acceptors (Lipinski definition) is 6. The summed E-state index contributed by atoms with van der Waals surface area (Å²) in [4.78, 5) is 26.9. The van der Waals surface area contributed by atoms with Crippen molar-refractivity contribution in [3.05, 3.63) is 30.9 Å². The molecule has 2 rings (SSSR count). The fraction of sp³-hybridized carbons (Fsp3) is 0.250. The Morgan fingerprint density at radius 1 is 1.21 bits per heavy atom. The lowest BCUT2D eigenvalue weighted by Crippen LogP contribution is -2.07. The topological polar surface area (TPSA) is 101 Å². The summed E-state index contributed by atoms with van der Waals surface area (Å²) in [6, 6.07) is 1.74. The Morgan fingerprint density at radius 2 is 2.11 bits per heavy atom. The van der Waals surface area contributed by atoms with Gasteiger partial charge in [-0.15, -0.1) is 0 Å². The molecule has 0 aliphatic rings. The highest BCUT2D eigenvalue weighted by molar-refractivity contribution is 5.66. The zero-order valence-electron chi connectivity index (χ0n) is 10.2. The molecule has 0 aliphatic heterocycles. The van der Waals surface area contributed by atoms with Gasteiger partial charge in [0.25, 0.3) is 0 Å². The first-order valence-corrected chi connectivity index (χ1v) is 5.81. The molecule has 0 saturated carbocycles. The normalized spacial score (nSPS) is 10.1. The van der Waals surface area contributed by atoms with Gasteiger partial charge >= 0.3 is 5.97 Å². The third-order valence-electron chi connectivity index (χ3n) is 2.33. The van der Waals surface area contributed by atoms with Crippen molar-refractivity contribution >= 4 is 11.9 Å². The zero-order valence-corrected chi connectivity index (χ0v) is 10.2. The third kappa shape index (κ3) is 3.98. The maximum Gasteiger partial charge on any atom is 0.303 e. The maximum atomic E-state index is 10.4. The van der Waals surface area contributed by atoms with Crippen LogP contribution >= 0.6 is 0 Å². The molecule has 0 aliphatic carbocycles. The number of carboxylic acid groups (broad SMARTS) is 1. The zero-order chi connectivity index (χ0) is 13.5. The van der Waals surface area contributed by atoms with Crippen molar-refractivity contribution in [2.75, 3.05) is 11.9 Å². The Labute approximate surface area is 109 Å². The highest BCUT2D eigenvalue weighted by Crippen LogP contribution is 2.13. The van der Waals surface area contributed by atoms with Crippen LogP contribution in [0, 0.1) is 0 Å². The van der Waals surface area contributed by atoms with Crippen LogP contribution in [0.4, 0.5) is 5.95 Å². The van der Waals surface area contributed by atoms with E-state index in [1.165, 1.54) is 0 Å². The second-order valence-corrected chi connectivity index (χ2v) is 3.78. The van der Waals surface area contributed by atoms with Crippen molar-refractivity contribution in [3.8, 4) is 11.4 Å². The Kier molecular flexibility index (Phi) is 4.33. The lowest BCUT2D eigenvalue weighted by Gasteiger charge is -2.05. The lowest BCUT2D eigenvalue weighted by molar-refractivity contribution is -0.137. The van der Waals surface area contributed by atoms with Crippen LogP contribution in [0.1, 0.15) is 12.8 Å². The Bertz CT molecular complexity index is 547. The van der Waals surface area contributed by atoms with E-state index in [-0.39, 0.29) is 6.42 Å². The van der Waals surface area contributed by atoms with E-state index in [9.17, 15) is 4.79 Å². The third-order valence-corrected chi connectivity index (χ3v) is 2.33. The quantitative estimate of drug-likeness (QED) is 0.752. The number of aliphatic carboxylic acids is 1. The van der Waals surface area contributed by atoms with E-state index >= 15 is 0 Å². The van der Waals surface area contributed by atoms with Gasteiger partial charge in [0.05, 0.1) is 11.9 Å². The fourth-order valence-corrected chi connectivity index (χ4v) is 1.46. The van der Waals surface area contributed by atoms with Crippen LogP contribution in [0.2, 0.25) is 0 Å². The van der Waals surface area contributed by atoms with Gasteiger partial charge in [-0.1, -0.05) is 0 Å². The number of nitrogens with zero attached hydrogens (tertiary/aromatic N) is 4. The van der Waals surface area contributed by atoms with Crippen LogP contribution in [-0.2, 0) is 4.79 Å². The molecule has 0 unspecified atom stereocenters. The van der Waals surface area contributed by atoms with Crippen molar-refractivity contribution < 1.29 is 9.90 Å². The van der Waals surface area contributed by atoms with E-state index in [1.807, 2.05) is 0 Å². The SMILES string of the molecule is O=C(O)CCCNc1nccc(-c2cnccn2)n1. The monoisotopic (exact) mass is 259 g/mol. The summed E-state index contributed by atoms with van der Waals surface area (Å²) >= 11 is 0. The van der Waals surface area contributed by atoms with E-state index in [0.717, 1.165) is 0 Å². The number of aromatic nitrogens is 4. The summed E-state index contributed by atoms with van der Waals surface area (Å²) in [6.45, 7) is 0.510. The predicted octanol–water partition coefficient (Wildman–Crippen LogP) is 1.21. The average Bonchev–Trinajstić information content (AvgIpc) is 2.45. The lowest BCUT2D eigenvalue weighted by atomic mass is 10.3. The van der Waals surface area contributed by atoms with Crippen molar-refractivity contribution in [2.24, 2.45) is 0 Å². The number of nitrogens with one attached hydrogen (secondary N) is 1. The summed E-state index contributed by atoms with van der Waals surface area (Å²) in [5, 5.41) is 11.5. The molecule has 0 atom stereocenters. The van der Waals surface area contributed by atoms with Gasteiger partial charge in [0.2, 0.25) is 5.95 Å². The van der Waals surface area contributed by atoms with Gasteiger partial charge < -0.3 is 10.4 Å². The van der Waals surface area contributed by atoms with E-state index in [4.69, 9.17) is 5.11 Å². The Morgan fingerprint density at radius 3 is 2.84 bits per heavy atom. The molecular weight excluding hydrogens is 246 g/mol. The Hall–Kier alpha value is -2.57. The molecule has 0 aromatic carbocycles. The molecule has 2 aromatic rings. The number of carbonyl (C=O) groups is 1. The van der Waals surface area contributed by atoms with Crippen molar-refractivity contribution in [3.63, 3.8) is 0 Å². The molecule has 2 aromatic heterocycles. The average molecular weight is 259 g/mol. The van der Waals surface area contributed by atoms with Crippen LogP contribution < -0.4 is 5.32 Å². The first-order valence-electron chi connectivity index (χ1n) is 5.81. The van der Waals surface area contributed by atoms with Gasteiger partial charge in [0, 0.05) is 31.6 Å². The largest absolute Gasteiger partial charge is 0.481 e. The summed E-state index contributed by atoms with van der Waals surface area (Å²) in [5.41, 5.74) is 1.34. The van der Waals surface area contributed by atoms with Crippen molar-refractivity contribution in [1.82, 2.24) is 19.9 Å². The number of anilines is 1. The molecule has 19 heavy (non-hydrogen) atoms. The highest BCUT2D eigenvalue weighted by Gasteiger charge is 2.03. The molecule has 0 radical (unpaired) electrons. The van der Waals surface area contributed by atoms with Crippen LogP contribution in [0.5, 0.6) is 0 Å². The van der Waals surface area contributed by atoms with Crippen molar-refractivity contribution in [1.29, 1.82) is 0 Å². The Balaban J connectivity index is 1.98. The molecule has 0 saturated heterocycles. The molecule has 7 heteroatoms. The molecule has 7 nitrogen and oxygen atoms in total. The minimum atomic E-state index is -0.809. The molecule has 98 valence electrons. The number of rotatable bonds is 6. The standard InChI is InChI=1S/C12H13N5O2/c18-11(19)2-1-4-15-12-16-5-3-9(17-12)10-8-13-6-7-14-10/h3,5-8H,1-2,4H2,(H,18,19)(H,15,16,17). The van der Waals surface area contributed by atoms with Gasteiger partial charge in [-0.25, -0.2) is 9.97 Å². The van der Waals surface area contributed by atoms with E-state index in [2.05, 4.69) is 25.3 Å². The minimum Gasteiger partial charge on any atom is -0.481 e. The highest BCUT2D eigenvalue weighted by atomic mass is 16.4. The van der Waals surface area contributed by atoms with Gasteiger partial charge in [-0.2, -0.15) is 0 Å². The summed E-state index contributed by atoms with van der Waals surface area (Å²) in [5.74, 6) is -0.357. The molecule has 0 amide bonds. The molecule has 0 bridgehead atoms. The predicted molar refractivity (Wildman–Crippen MR) is 68.4 cm³/mol. The van der Waals surface area contributed by atoms with E-state index < -0.39 is 5.97 Å². The van der Waals surface area contributed by atoms with E-state index in [0.29, 0.717) is 30.3 Å². The van der Waals surface area contributed by atoms with Crippen LogP contribution in [0.15, 0.2) is 30.9 Å². The molecular formula is C12H13N5O2. The number of hydrogen-bond donors (Lipinski definition) is 2. The first-order chi connectivity index (χ1) is 9.25. The second kappa shape index (κ2) is 6.39. The van der Waals surface area contributed by atoms with Crippen LogP contribution in [0.3, 0.4) is 0 Å². The first kappa shape index (κ1) is 12.9. The molecule has 2 N–H and O–H groups in total. The van der Waals surface area contributed by atoms with Crippen molar-refractivity contribution in [2.45, 2.75) is 12.8 Å². The van der Waals surface area contributed by atoms with Gasteiger partial charge in [-0.3, -0.25) is 14.8 Å². The summed E-state index contributed by atoms with van der Waals surface area (Å²) < 4.78 is 0. The van der Waals surface area contributed by atoms with Gasteiger partial charge in [-0.05, 0) is 12.5 Å². The smallest absolute Gasteiger partial charge is 0.303 e. The second-order valence-electron chi connectivity index (χ2n) is 3.78. The van der Waals surface area contributed by atoms with Crippen LogP contribution in [-0.4, -0.2) is 37.6 Å². The maximum absolute atomic E-state index is 10.4. The molecule has 2 heterocycles. The summed E-state index contributed by atoms with van der Waals surface area (Å²) in [6.07, 6.45) is 7.07. The van der Waals surface area contributed by atoms with Gasteiger partial charge in [0.1, 0.15) is 5.69 Å². The fourth-order valence-electron chi connectivity index (χ4n) is 1.46. The molecule has 0 fully saturated rings. The van der Waals surface area contributed by atoms with Gasteiger partial charge in [0.15, 0.2) is 0 Å². The van der Waals surface area contributed by atoms with Crippen LogP contribution in [0.25, 0.3) is 11.4 Å². The summed E-state index contributed by atoms with van der Waals surface area (Å²) in [7, 11) is 0. The van der Waals surface area contributed by atoms with E-state index in [1.54, 1.807) is 30.9 Å².